The topological polar surface area (TPSA) is 109 Å². The first-order valence-corrected chi connectivity index (χ1v) is 14.6. The number of fused-ring (bicyclic) bond motifs is 1. The Morgan fingerprint density at radius 3 is 2.41 bits per heavy atom. The Labute approximate surface area is 241 Å². The molecule has 0 aliphatic carbocycles. The highest BCUT2D eigenvalue weighted by Crippen LogP contribution is 2.45. The molecular formula is C34H41N3O4. The summed E-state index contributed by atoms with van der Waals surface area (Å²) in [5.41, 5.74) is 3.94. The maximum Gasteiger partial charge on any atom is 0.248 e. The minimum atomic E-state index is -0.785. The monoisotopic (exact) mass is 555 g/mol. The third kappa shape index (κ3) is 6.17. The fraction of sp³-hybridized carbons (Fsp3) is 0.382. The predicted molar refractivity (Wildman–Crippen MR) is 164 cm³/mol. The van der Waals surface area contributed by atoms with Gasteiger partial charge < -0.3 is 30.5 Å². The molecule has 7 heteroatoms. The second-order valence-corrected chi connectivity index (χ2v) is 11.5. The van der Waals surface area contributed by atoms with Gasteiger partial charge in [-0.3, -0.25) is 4.79 Å². The number of aliphatic hydroxyl groups is 1. The van der Waals surface area contributed by atoms with E-state index >= 15 is 0 Å². The number of aliphatic hydroxyl groups excluding tert-OH is 1. The fourth-order valence-corrected chi connectivity index (χ4v) is 6.33. The Balaban J connectivity index is 1.24. The lowest BCUT2D eigenvalue weighted by Gasteiger charge is -2.44. The fourth-order valence-electron chi connectivity index (χ4n) is 6.33. The number of phenolic OH excluding ortho intramolecular Hbond substituents is 2. The van der Waals surface area contributed by atoms with E-state index in [0.717, 1.165) is 44.3 Å². The third-order valence-corrected chi connectivity index (χ3v) is 8.71. The molecule has 1 atom stereocenters. The van der Waals surface area contributed by atoms with Crippen LogP contribution < -0.4 is 10.9 Å². The van der Waals surface area contributed by atoms with Crippen molar-refractivity contribution >= 4 is 10.9 Å². The van der Waals surface area contributed by atoms with Gasteiger partial charge in [-0.05, 0) is 94.1 Å². The molecule has 41 heavy (non-hydrogen) atoms. The molecule has 1 unspecified atom stereocenters. The van der Waals surface area contributed by atoms with E-state index in [1.165, 1.54) is 23.3 Å². The van der Waals surface area contributed by atoms with Gasteiger partial charge in [0.25, 0.3) is 0 Å². The molecule has 5 rings (SSSR count). The number of hydrogen-bond donors (Lipinski definition) is 5. The first-order valence-electron chi connectivity index (χ1n) is 14.6. The SMILES string of the molecule is CC(C)N1CCC(c2ccccc2)(c2cc(CCCNCC(O)c3ccc(O)c4[nH]c(=O)ccc34)ccc2O)CC1. The molecular weight excluding hydrogens is 514 g/mol. The van der Waals surface area contributed by atoms with Crippen LogP contribution in [0, 0.1) is 0 Å². The Bertz CT molecular complexity index is 1520. The summed E-state index contributed by atoms with van der Waals surface area (Å²) in [4.78, 5) is 16.8. The molecule has 2 heterocycles. The van der Waals surface area contributed by atoms with Crippen LogP contribution >= 0.6 is 0 Å². The van der Waals surface area contributed by atoms with E-state index in [9.17, 15) is 20.1 Å². The van der Waals surface area contributed by atoms with Crippen molar-refractivity contribution in [1.82, 2.24) is 15.2 Å². The summed E-state index contributed by atoms with van der Waals surface area (Å²) in [5.74, 6) is 0.341. The first-order chi connectivity index (χ1) is 19.8. The number of aryl methyl sites for hydroxylation is 1. The predicted octanol–water partition coefficient (Wildman–Crippen LogP) is 4.99. The number of aromatic amines is 1. The highest BCUT2D eigenvalue weighted by atomic mass is 16.3. The summed E-state index contributed by atoms with van der Waals surface area (Å²) < 4.78 is 0. The Morgan fingerprint density at radius 2 is 1.68 bits per heavy atom. The zero-order valence-electron chi connectivity index (χ0n) is 23.9. The zero-order chi connectivity index (χ0) is 29.0. The van der Waals surface area contributed by atoms with Crippen LogP contribution in [0.25, 0.3) is 10.9 Å². The van der Waals surface area contributed by atoms with Crippen molar-refractivity contribution in [2.45, 2.75) is 57.1 Å². The summed E-state index contributed by atoms with van der Waals surface area (Å²) in [6.07, 6.45) is 2.87. The van der Waals surface area contributed by atoms with Gasteiger partial charge in [-0.25, -0.2) is 0 Å². The lowest BCUT2D eigenvalue weighted by molar-refractivity contribution is 0.144. The average Bonchev–Trinajstić information content (AvgIpc) is 2.98. The van der Waals surface area contributed by atoms with Gasteiger partial charge in [-0.15, -0.1) is 0 Å². The second kappa shape index (κ2) is 12.5. The quantitative estimate of drug-likeness (QED) is 0.177. The number of H-pyrrole nitrogens is 1. The number of nitrogens with zero attached hydrogens (tertiary/aromatic N) is 1. The smallest absolute Gasteiger partial charge is 0.248 e. The Hall–Kier alpha value is -3.65. The minimum absolute atomic E-state index is 0.0191. The normalized spacial score (nSPS) is 16.3. The van der Waals surface area contributed by atoms with Gasteiger partial charge in [-0.1, -0.05) is 48.5 Å². The highest BCUT2D eigenvalue weighted by Gasteiger charge is 2.40. The summed E-state index contributed by atoms with van der Waals surface area (Å²) in [6.45, 7) is 7.55. The molecule has 7 nitrogen and oxygen atoms in total. The molecule has 1 saturated heterocycles. The molecule has 0 spiro atoms. The van der Waals surface area contributed by atoms with Gasteiger partial charge >= 0.3 is 0 Å². The number of nitrogens with one attached hydrogen (secondary N) is 2. The largest absolute Gasteiger partial charge is 0.508 e. The van der Waals surface area contributed by atoms with Crippen LogP contribution in [0.1, 0.15) is 61.5 Å². The molecule has 5 N–H and O–H groups in total. The molecule has 3 aromatic carbocycles. The van der Waals surface area contributed by atoms with Crippen LogP contribution in [0.5, 0.6) is 11.5 Å². The Morgan fingerprint density at radius 1 is 0.951 bits per heavy atom. The number of benzene rings is 3. The third-order valence-electron chi connectivity index (χ3n) is 8.71. The van der Waals surface area contributed by atoms with Crippen molar-refractivity contribution in [2.24, 2.45) is 0 Å². The van der Waals surface area contributed by atoms with Gasteiger partial charge in [0.1, 0.15) is 11.5 Å². The maximum atomic E-state index is 11.7. The van der Waals surface area contributed by atoms with Gasteiger partial charge in [0, 0.05) is 35.0 Å². The van der Waals surface area contributed by atoms with E-state index in [0.29, 0.717) is 41.3 Å². The van der Waals surface area contributed by atoms with Crippen molar-refractivity contribution in [2.75, 3.05) is 26.2 Å². The van der Waals surface area contributed by atoms with Crippen LogP contribution in [0.2, 0.25) is 0 Å². The van der Waals surface area contributed by atoms with Crippen LogP contribution in [-0.4, -0.2) is 57.4 Å². The van der Waals surface area contributed by atoms with Crippen molar-refractivity contribution in [3.8, 4) is 11.5 Å². The van der Waals surface area contributed by atoms with Gasteiger partial charge in [0.05, 0.1) is 11.6 Å². The number of pyridine rings is 1. The summed E-state index contributed by atoms with van der Waals surface area (Å²) in [6, 6.07) is 23.4. The average molecular weight is 556 g/mol. The molecule has 1 fully saturated rings. The number of rotatable bonds is 10. The number of hydrogen-bond acceptors (Lipinski definition) is 6. The molecule has 1 aliphatic rings. The molecule has 0 amide bonds. The van der Waals surface area contributed by atoms with Gasteiger partial charge in [0.2, 0.25) is 5.56 Å². The summed E-state index contributed by atoms with van der Waals surface area (Å²) in [7, 11) is 0. The van der Waals surface area contributed by atoms with E-state index in [-0.39, 0.29) is 16.7 Å². The molecule has 216 valence electrons. The lowest BCUT2D eigenvalue weighted by atomic mass is 9.67. The van der Waals surface area contributed by atoms with Gasteiger partial charge in [0.15, 0.2) is 0 Å². The summed E-state index contributed by atoms with van der Waals surface area (Å²) >= 11 is 0. The molecule has 1 aliphatic heterocycles. The molecule has 4 aromatic rings. The maximum absolute atomic E-state index is 11.7. The van der Waals surface area contributed by atoms with E-state index < -0.39 is 6.10 Å². The second-order valence-electron chi connectivity index (χ2n) is 11.5. The number of likely N-dealkylation sites (tertiary alicyclic amines) is 1. The first kappa shape index (κ1) is 28.9. The van der Waals surface area contributed by atoms with E-state index in [2.05, 4.69) is 59.4 Å². The standard InChI is InChI=1S/C34H41N3O4/c1-23(2)37-19-16-34(17-20-37,25-8-4-3-5-9-25)28-21-24(10-13-29(28)38)7-6-18-35-22-31(40)26-11-14-30(39)33-27(26)12-15-32(41)36-33/h3-5,8-15,21,23,31,35,38-40H,6-7,16-20,22H2,1-2H3,(H,36,41). The van der Waals surface area contributed by atoms with Crippen LogP contribution in [0.15, 0.2) is 77.6 Å². The van der Waals surface area contributed by atoms with Crippen molar-refractivity contribution in [3.63, 3.8) is 0 Å². The number of piperidine rings is 1. The van der Waals surface area contributed by atoms with E-state index in [4.69, 9.17) is 0 Å². The Kier molecular flexibility index (Phi) is 8.78. The van der Waals surface area contributed by atoms with Crippen molar-refractivity contribution < 1.29 is 15.3 Å². The highest BCUT2D eigenvalue weighted by molar-refractivity contribution is 5.87. The van der Waals surface area contributed by atoms with Crippen molar-refractivity contribution in [1.29, 1.82) is 0 Å². The lowest BCUT2D eigenvalue weighted by Crippen LogP contribution is -2.45. The van der Waals surface area contributed by atoms with E-state index in [1.807, 2.05) is 18.2 Å². The van der Waals surface area contributed by atoms with Crippen LogP contribution in [0.4, 0.5) is 0 Å². The van der Waals surface area contributed by atoms with Crippen LogP contribution in [-0.2, 0) is 11.8 Å². The number of aromatic hydroxyl groups is 2. The molecule has 0 radical (unpaired) electrons. The van der Waals surface area contributed by atoms with Gasteiger partial charge in [-0.2, -0.15) is 0 Å². The zero-order valence-corrected chi connectivity index (χ0v) is 23.9. The molecule has 1 aromatic heterocycles. The minimum Gasteiger partial charge on any atom is -0.508 e. The molecule has 0 bridgehead atoms. The van der Waals surface area contributed by atoms with Crippen molar-refractivity contribution in [3.05, 3.63) is 105 Å². The number of aromatic nitrogens is 1. The summed E-state index contributed by atoms with van der Waals surface area (Å²) in [5, 5.41) is 36.0. The molecule has 0 saturated carbocycles. The number of phenols is 2. The van der Waals surface area contributed by atoms with Crippen LogP contribution in [0.3, 0.4) is 0 Å². The van der Waals surface area contributed by atoms with E-state index in [1.54, 1.807) is 12.1 Å².